The Labute approximate surface area is 159 Å². The van der Waals surface area contributed by atoms with Crippen molar-refractivity contribution in [1.29, 1.82) is 0 Å². The fraction of sp³-hybridized carbons (Fsp3) is 0.524. The minimum atomic E-state index is -0.431. The fourth-order valence-electron chi connectivity index (χ4n) is 4.30. The van der Waals surface area contributed by atoms with E-state index in [-0.39, 0.29) is 18.0 Å². The molecule has 1 N–H and O–H groups in total. The molecule has 1 aromatic carbocycles. The van der Waals surface area contributed by atoms with E-state index in [4.69, 9.17) is 4.74 Å². The van der Waals surface area contributed by atoms with Gasteiger partial charge in [0.05, 0.1) is 6.54 Å². The lowest BCUT2D eigenvalue weighted by Crippen LogP contribution is -2.49. The Hall–Kier alpha value is -2.50. The average Bonchev–Trinajstić information content (AvgIpc) is 3.26. The molecule has 4 rings (SSSR count). The number of H-pyrrole nitrogens is 1. The number of hydrogen-bond acceptors (Lipinski definition) is 3. The highest BCUT2D eigenvalue weighted by molar-refractivity contribution is 5.98. The molecule has 2 saturated heterocycles. The Morgan fingerprint density at radius 2 is 2.07 bits per heavy atom. The number of nitrogens with one attached hydrogen (secondary N) is 1. The summed E-state index contributed by atoms with van der Waals surface area (Å²) in [6.45, 7) is 6.08. The van der Waals surface area contributed by atoms with Crippen molar-refractivity contribution < 1.29 is 14.3 Å². The summed E-state index contributed by atoms with van der Waals surface area (Å²) in [4.78, 5) is 32.1. The van der Waals surface area contributed by atoms with E-state index < -0.39 is 5.60 Å². The van der Waals surface area contributed by atoms with Gasteiger partial charge < -0.3 is 19.5 Å². The molecule has 1 spiro atoms. The highest BCUT2D eigenvalue weighted by atomic mass is 16.6. The van der Waals surface area contributed by atoms with Gasteiger partial charge in [0, 0.05) is 49.2 Å². The van der Waals surface area contributed by atoms with Crippen molar-refractivity contribution in [2.45, 2.75) is 51.2 Å². The summed E-state index contributed by atoms with van der Waals surface area (Å²) in [6.07, 6.45) is 5.11. The minimum Gasteiger partial charge on any atom is -0.441 e. The van der Waals surface area contributed by atoms with Crippen LogP contribution in [0.2, 0.25) is 0 Å². The number of amides is 2. The van der Waals surface area contributed by atoms with Gasteiger partial charge in [0.15, 0.2) is 0 Å². The summed E-state index contributed by atoms with van der Waals surface area (Å²) in [7, 11) is 0. The molecule has 0 unspecified atom stereocenters. The lowest BCUT2D eigenvalue weighted by atomic mass is 9.90. The van der Waals surface area contributed by atoms with Gasteiger partial charge in [-0.05, 0) is 36.9 Å². The second-order valence-corrected chi connectivity index (χ2v) is 7.89. The van der Waals surface area contributed by atoms with Crippen molar-refractivity contribution >= 4 is 22.9 Å². The molecule has 1 aromatic heterocycles. The van der Waals surface area contributed by atoms with Gasteiger partial charge in [0.1, 0.15) is 5.60 Å². The van der Waals surface area contributed by atoms with Gasteiger partial charge in [-0.25, -0.2) is 4.79 Å². The van der Waals surface area contributed by atoms with Gasteiger partial charge in [-0.3, -0.25) is 4.79 Å². The van der Waals surface area contributed by atoms with Crippen LogP contribution in [0.15, 0.2) is 30.5 Å². The van der Waals surface area contributed by atoms with Crippen LogP contribution in [0, 0.1) is 0 Å². The Balaban J connectivity index is 1.41. The Bertz CT molecular complexity index is 851. The van der Waals surface area contributed by atoms with Crippen LogP contribution in [0.5, 0.6) is 0 Å². The van der Waals surface area contributed by atoms with Crippen LogP contribution in [-0.2, 0) is 4.74 Å². The van der Waals surface area contributed by atoms with E-state index in [1.54, 1.807) is 0 Å². The highest BCUT2D eigenvalue weighted by Crippen LogP contribution is 2.35. The number of fused-ring (bicyclic) bond motifs is 1. The van der Waals surface area contributed by atoms with Crippen LogP contribution >= 0.6 is 0 Å². The molecule has 144 valence electrons. The molecule has 0 saturated carbocycles. The zero-order valence-electron chi connectivity index (χ0n) is 16.0. The largest absolute Gasteiger partial charge is 0.441 e. The smallest absolute Gasteiger partial charge is 0.410 e. The lowest BCUT2D eigenvalue weighted by Gasteiger charge is -2.37. The number of benzene rings is 1. The second kappa shape index (κ2) is 6.91. The van der Waals surface area contributed by atoms with Crippen LogP contribution in [0.25, 0.3) is 10.9 Å². The molecule has 0 bridgehead atoms. The van der Waals surface area contributed by atoms with Crippen molar-refractivity contribution in [2.24, 2.45) is 0 Å². The molecule has 2 aromatic rings. The number of rotatable bonds is 4. The molecule has 6 heteroatoms. The Morgan fingerprint density at radius 1 is 1.30 bits per heavy atom. The maximum atomic E-state index is 12.9. The van der Waals surface area contributed by atoms with E-state index in [0.717, 1.165) is 23.7 Å². The number of nitrogens with zero attached hydrogens (tertiary/aromatic N) is 2. The highest BCUT2D eigenvalue weighted by Gasteiger charge is 2.48. The standard InChI is InChI=1S/C21H27N3O3/c1-3-4-15(2)24-14-21(27-20(24)26)8-11-23(12-9-21)19(25)17-6-5-16-7-10-22-18(16)13-17/h5-7,10,13,15,22H,3-4,8-9,11-12,14H2,1-2H3/t15-/m0/s1. The number of hydrogen-bond donors (Lipinski definition) is 1. The third-order valence-corrected chi connectivity index (χ3v) is 6.00. The van der Waals surface area contributed by atoms with Crippen molar-refractivity contribution in [3.63, 3.8) is 0 Å². The maximum absolute atomic E-state index is 12.9. The van der Waals surface area contributed by atoms with Gasteiger partial charge in [-0.15, -0.1) is 0 Å². The molecule has 0 aliphatic carbocycles. The van der Waals surface area contributed by atoms with E-state index in [1.165, 1.54) is 0 Å². The Morgan fingerprint density at radius 3 is 2.81 bits per heavy atom. The quantitative estimate of drug-likeness (QED) is 0.892. The molecule has 2 amide bonds. The normalized spacial score (nSPS) is 20.3. The first-order valence-electron chi connectivity index (χ1n) is 9.87. The van der Waals surface area contributed by atoms with Crippen LogP contribution < -0.4 is 0 Å². The van der Waals surface area contributed by atoms with E-state index in [1.807, 2.05) is 40.3 Å². The SMILES string of the molecule is CCC[C@H](C)N1CC2(CCN(C(=O)c3ccc4cc[nH]c4c3)CC2)OC1=O. The van der Waals surface area contributed by atoms with Gasteiger partial charge in [0.2, 0.25) is 0 Å². The molecule has 1 atom stereocenters. The Kier molecular flexibility index (Phi) is 4.58. The first-order chi connectivity index (χ1) is 13.0. The summed E-state index contributed by atoms with van der Waals surface area (Å²) >= 11 is 0. The molecule has 2 aliphatic rings. The van der Waals surface area contributed by atoms with E-state index >= 15 is 0 Å². The molecule has 2 aliphatic heterocycles. The number of carbonyl (C=O) groups is 2. The first kappa shape index (κ1) is 17.9. The monoisotopic (exact) mass is 369 g/mol. The van der Waals surface area contributed by atoms with Gasteiger partial charge in [-0.2, -0.15) is 0 Å². The molecule has 3 heterocycles. The number of ether oxygens (including phenoxy) is 1. The number of aromatic nitrogens is 1. The molecule has 6 nitrogen and oxygen atoms in total. The second-order valence-electron chi connectivity index (χ2n) is 7.89. The summed E-state index contributed by atoms with van der Waals surface area (Å²) in [5.41, 5.74) is 1.24. The van der Waals surface area contributed by atoms with E-state index in [0.29, 0.717) is 38.0 Å². The number of piperidine rings is 1. The van der Waals surface area contributed by atoms with Crippen LogP contribution in [0.4, 0.5) is 4.79 Å². The summed E-state index contributed by atoms with van der Waals surface area (Å²) in [5.74, 6) is 0.0434. The van der Waals surface area contributed by atoms with E-state index in [2.05, 4.69) is 18.8 Å². The molecule has 0 radical (unpaired) electrons. The molecular formula is C21H27N3O3. The third kappa shape index (κ3) is 3.29. The summed E-state index contributed by atoms with van der Waals surface area (Å²) in [6, 6.07) is 7.96. The summed E-state index contributed by atoms with van der Waals surface area (Å²) in [5, 5.41) is 1.10. The van der Waals surface area contributed by atoms with Crippen LogP contribution in [0.1, 0.15) is 49.9 Å². The number of aromatic amines is 1. The topological polar surface area (TPSA) is 65.6 Å². The third-order valence-electron chi connectivity index (χ3n) is 6.00. The van der Waals surface area contributed by atoms with Crippen molar-refractivity contribution in [1.82, 2.24) is 14.8 Å². The number of likely N-dealkylation sites (tertiary alicyclic amines) is 1. The average molecular weight is 369 g/mol. The predicted molar refractivity (Wildman–Crippen MR) is 104 cm³/mol. The number of carbonyl (C=O) groups excluding carboxylic acids is 2. The summed E-state index contributed by atoms with van der Waals surface area (Å²) < 4.78 is 5.79. The first-order valence-corrected chi connectivity index (χ1v) is 9.87. The van der Waals surface area contributed by atoms with Crippen molar-refractivity contribution in [3.05, 3.63) is 36.0 Å². The predicted octanol–water partition coefficient (Wildman–Crippen LogP) is 3.78. The molecule has 27 heavy (non-hydrogen) atoms. The molecular weight excluding hydrogens is 342 g/mol. The zero-order chi connectivity index (χ0) is 19.0. The van der Waals surface area contributed by atoms with Gasteiger partial charge >= 0.3 is 6.09 Å². The zero-order valence-corrected chi connectivity index (χ0v) is 16.0. The van der Waals surface area contributed by atoms with Crippen LogP contribution in [-0.4, -0.2) is 58.1 Å². The van der Waals surface area contributed by atoms with Gasteiger partial charge in [0.25, 0.3) is 5.91 Å². The van der Waals surface area contributed by atoms with Crippen LogP contribution in [0.3, 0.4) is 0 Å². The van der Waals surface area contributed by atoms with Crippen molar-refractivity contribution in [2.75, 3.05) is 19.6 Å². The van der Waals surface area contributed by atoms with Crippen molar-refractivity contribution in [3.8, 4) is 0 Å². The van der Waals surface area contributed by atoms with Gasteiger partial charge in [-0.1, -0.05) is 19.4 Å². The minimum absolute atomic E-state index is 0.0434. The van der Waals surface area contributed by atoms with E-state index in [9.17, 15) is 9.59 Å². The molecule has 2 fully saturated rings. The maximum Gasteiger partial charge on any atom is 0.410 e. The lowest BCUT2D eigenvalue weighted by molar-refractivity contribution is 0.00307. The fourth-order valence-corrected chi connectivity index (χ4v) is 4.30.